The van der Waals surface area contributed by atoms with Gasteiger partial charge in [0.1, 0.15) is 0 Å². The molecule has 0 unspecified atom stereocenters. The summed E-state index contributed by atoms with van der Waals surface area (Å²) in [7, 11) is 0. The lowest BCUT2D eigenvalue weighted by atomic mass is 10.1. The van der Waals surface area contributed by atoms with Crippen LogP contribution in [0.2, 0.25) is 0 Å². The Morgan fingerprint density at radius 3 is 2.61 bits per heavy atom. The summed E-state index contributed by atoms with van der Waals surface area (Å²) in [5, 5.41) is 3.20. The van der Waals surface area contributed by atoms with Crippen LogP contribution in [0.1, 0.15) is 41.7 Å². The quantitative estimate of drug-likeness (QED) is 0.825. The van der Waals surface area contributed by atoms with Crippen LogP contribution in [0, 0.1) is 11.8 Å². The third-order valence-corrected chi connectivity index (χ3v) is 3.85. The number of carbonyl (C=O) groups is 1. The maximum absolute atomic E-state index is 12.2. The smallest absolute Gasteiger partial charge is 0.251 e. The third-order valence-electron chi connectivity index (χ3n) is 3.85. The van der Waals surface area contributed by atoms with Gasteiger partial charge < -0.3 is 11.1 Å². The molecule has 0 aromatic carbocycles. The van der Waals surface area contributed by atoms with Gasteiger partial charge in [-0.3, -0.25) is 9.78 Å². The fourth-order valence-corrected chi connectivity index (χ4v) is 2.50. The Kier molecular flexibility index (Phi) is 3.04. The van der Waals surface area contributed by atoms with Crippen LogP contribution in [0.25, 0.3) is 0 Å². The van der Waals surface area contributed by atoms with Gasteiger partial charge in [0.15, 0.2) is 0 Å². The maximum atomic E-state index is 12.2. The topological polar surface area (TPSA) is 68.0 Å². The Morgan fingerprint density at radius 2 is 2.06 bits per heavy atom. The van der Waals surface area contributed by atoms with Gasteiger partial charge in [0.25, 0.3) is 5.91 Å². The average Bonchev–Trinajstić information content (AvgIpc) is 3.29. The largest absolute Gasteiger partial charge is 0.349 e. The first-order valence-corrected chi connectivity index (χ1v) is 6.74. The van der Waals surface area contributed by atoms with E-state index in [1.54, 1.807) is 18.3 Å². The molecule has 0 bridgehead atoms. The van der Waals surface area contributed by atoms with Gasteiger partial charge >= 0.3 is 0 Å². The van der Waals surface area contributed by atoms with Crippen LogP contribution >= 0.6 is 0 Å². The molecule has 0 aliphatic heterocycles. The molecule has 3 rings (SSSR count). The summed E-state index contributed by atoms with van der Waals surface area (Å²) in [6.07, 6.45) is 6.73. The van der Waals surface area contributed by atoms with Crippen molar-refractivity contribution >= 4 is 5.91 Å². The Balaban J connectivity index is 1.69. The predicted octanol–water partition coefficient (Wildman–Crippen LogP) is 1.46. The highest BCUT2D eigenvalue weighted by Gasteiger charge is 2.42. The van der Waals surface area contributed by atoms with E-state index in [1.165, 1.54) is 25.7 Å². The summed E-state index contributed by atoms with van der Waals surface area (Å²) < 4.78 is 0. The first-order chi connectivity index (χ1) is 8.78. The van der Waals surface area contributed by atoms with E-state index in [0.29, 0.717) is 18.2 Å². The van der Waals surface area contributed by atoms with Crippen LogP contribution in [-0.2, 0) is 6.54 Å². The van der Waals surface area contributed by atoms with Gasteiger partial charge in [0, 0.05) is 24.3 Å². The molecule has 0 saturated heterocycles. The van der Waals surface area contributed by atoms with Crippen LogP contribution in [0.4, 0.5) is 0 Å². The zero-order chi connectivity index (χ0) is 12.5. The molecule has 3 N–H and O–H groups in total. The van der Waals surface area contributed by atoms with Crippen molar-refractivity contribution in [3.63, 3.8) is 0 Å². The van der Waals surface area contributed by atoms with Crippen molar-refractivity contribution in [3.8, 4) is 0 Å². The fourth-order valence-electron chi connectivity index (χ4n) is 2.50. The number of hydrogen-bond donors (Lipinski definition) is 2. The molecule has 2 fully saturated rings. The molecule has 96 valence electrons. The second-order valence-corrected chi connectivity index (χ2v) is 5.41. The van der Waals surface area contributed by atoms with Crippen molar-refractivity contribution < 1.29 is 4.79 Å². The summed E-state index contributed by atoms with van der Waals surface area (Å²) in [6.45, 7) is 0.371. The Hall–Kier alpha value is -1.42. The highest BCUT2D eigenvalue weighted by Crippen LogP contribution is 2.44. The SMILES string of the molecule is NCc1cc(C(=O)NC(C2CC2)C2CC2)ccn1. The van der Waals surface area contributed by atoms with Gasteiger partial charge in [-0.05, 0) is 49.7 Å². The molecule has 1 heterocycles. The molecule has 0 atom stereocenters. The highest BCUT2D eigenvalue weighted by atomic mass is 16.1. The molecular weight excluding hydrogens is 226 g/mol. The minimum atomic E-state index is 0.0240. The molecule has 0 radical (unpaired) electrons. The Bertz CT molecular complexity index is 440. The minimum Gasteiger partial charge on any atom is -0.349 e. The van der Waals surface area contributed by atoms with Gasteiger partial charge in [-0.25, -0.2) is 0 Å². The van der Waals surface area contributed by atoms with Crippen molar-refractivity contribution in [3.05, 3.63) is 29.6 Å². The van der Waals surface area contributed by atoms with Gasteiger partial charge in [-0.1, -0.05) is 0 Å². The molecular formula is C14H19N3O. The van der Waals surface area contributed by atoms with E-state index in [-0.39, 0.29) is 5.91 Å². The number of aromatic nitrogens is 1. The van der Waals surface area contributed by atoms with Crippen molar-refractivity contribution in [2.45, 2.75) is 38.3 Å². The van der Waals surface area contributed by atoms with Gasteiger partial charge in [0.05, 0.1) is 5.69 Å². The number of carbonyl (C=O) groups excluding carboxylic acids is 1. The van der Waals surface area contributed by atoms with Gasteiger partial charge in [0.2, 0.25) is 0 Å². The zero-order valence-corrected chi connectivity index (χ0v) is 10.4. The van der Waals surface area contributed by atoms with E-state index in [1.807, 2.05) is 0 Å². The van der Waals surface area contributed by atoms with E-state index in [4.69, 9.17) is 5.73 Å². The summed E-state index contributed by atoms with van der Waals surface area (Å²) in [6, 6.07) is 3.93. The minimum absolute atomic E-state index is 0.0240. The molecule has 1 aromatic heterocycles. The van der Waals surface area contributed by atoms with Crippen LogP contribution in [0.15, 0.2) is 18.3 Å². The van der Waals surface area contributed by atoms with Crippen LogP contribution in [0.3, 0.4) is 0 Å². The van der Waals surface area contributed by atoms with Crippen LogP contribution < -0.4 is 11.1 Å². The maximum Gasteiger partial charge on any atom is 0.251 e. The van der Waals surface area contributed by atoms with Gasteiger partial charge in [-0.15, -0.1) is 0 Å². The lowest BCUT2D eigenvalue weighted by molar-refractivity contribution is 0.0926. The monoisotopic (exact) mass is 245 g/mol. The van der Waals surface area contributed by atoms with E-state index < -0.39 is 0 Å². The lowest BCUT2D eigenvalue weighted by Crippen LogP contribution is -2.38. The lowest BCUT2D eigenvalue weighted by Gasteiger charge is -2.17. The van der Waals surface area contributed by atoms with E-state index >= 15 is 0 Å². The number of rotatable bonds is 5. The Morgan fingerprint density at radius 1 is 1.39 bits per heavy atom. The van der Waals surface area contributed by atoms with E-state index in [9.17, 15) is 4.79 Å². The van der Waals surface area contributed by atoms with Crippen LogP contribution in [-0.4, -0.2) is 16.9 Å². The van der Waals surface area contributed by atoms with Crippen molar-refractivity contribution in [1.82, 2.24) is 10.3 Å². The first kappa shape index (κ1) is 11.7. The van der Waals surface area contributed by atoms with Gasteiger partial charge in [-0.2, -0.15) is 0 Å². The van der Waals surface area contributed by atoms with Crippen molar-refractivity contribution in [2.75, 3.05) is 0 Å². The molecule has 0 spiro atoms. The van der Waals surface area contributed by atoms with Crippen molar-refractivity contribution in [1.29, 1.82) is 0 Å². The molecule has 2 aliphatic rings. The predicted molar refractivity (Wildman–Crippen MR) is 68.8 cm³/mol. The van der Waals surface area contributed by atoms with E-state index in [0.717, 1.165) is 17.5 Å². The molecule has 4 heteroatoms. The van der Waals surface area contributed by atoms with Crippen LogP contribution in [0.5, 0.6) is 0 Å². The second-order valence-electron chi connectivity index (χ2n) is 5.41. The molecule has 2 aliphatic carbocycles. The summed E-state index contributed by atoms with van der Waals surface area (Å²) in [4.78, 5) is 16.3. The number of amides is 1. The number of hydrogen-bond acceptors (Lipinski definition) is 3. The van der Waals surface area contributed by atoms with E-state index in [2.05, 4.69) is 10.3 Å². The number of nitrogens with two attached hydrogens (primary N) is 1. The molecule has 18 heavy (non-hydrogen) atoms. The summed E-state index contributed by atoms with van der Waals surface area (Å²) in [5.74, 6) is 1.46. The summed E-state index contributed by atoms with van der Waals surface area (Å²) in [5.41, 5.74) is 6.98. The fraction of sp³-hybridized carbons (Fsp3) is 0.571. The number of pyridine rings is 1. The standard InChI is InChI=1S/C14H19N3O/c15-8-12-7-11(5-6-16-12)14(18)17-13(9-1-2-9)10-3-4-10/h5-7,9-10,13H,1-4,8,15H2,(H,17,18). The normalized spacial score (nSPS) is 19.0. The zero-order valence-electron chi connectivity index (χ0n) is 10.4. The third kappa shape index (κ3) is 2.53. The second kappa shape index (κ2) is 4.69. The average molecular weight is 245 g/mol. The molecule has 1 aromatic rings. The summed E-state index contributed by atoms with van der Waals surface area (Å²) >= 11 is 0. The number of nitrogens with zero attached hydrogens (tertiary/aromatic N) is 1. The first-order valence-electron chi connectivity index (χ1n) is 6.74. The van der Waals surface area contributed by atoms with Crippen molar-refractivity contribution in [2.24, 2.45) is 17.6 Å². The number of nitrogens with one attached hydrogen (secondary N) is 1. The highest BCUT2D eigenvalue weighted by molar-refractivity contribution is 5.94. The Labute approximate surface area is 107 Å². The molecule has 2 saturated carbocycles. The molecule has 1 amide bonds. The molecule has 4 nitrogen and oxygen atoms in total.